The molecular formula is C21H16F4N4O2. The molecule has 160 valence electrons. The number of urea groups is 1. The summed E-state index contributed by atoms with van der Waals surface area (Å²) < 4.78 is 59.2. The zero-order chi connectivity index (χ0) is 22.0. The number of amides is 2. The number of carbonyl (C=O) groups excluding carboxylic acids is 1. The number of anilines is 1. The van der Waals surface area contributed by atoms with E-state index in [0.717, 1.165) is 12.1 Å². The molecule has 6 nitrogen and oxygen atoms in total. The molecule has 3 aliphatic heterocycles. The van der Waals surface area contributed by atoms with Gasteiger partial charge in [0.05, 0.1) is 17.8 Å². The van der Waals surface area contributed by atoms with Crippen molar-refractivity contribution < 1.29 is 27.1 Å². The Morgan fingerprint density at radius 1 is 1.23 bits per heavy atom. The van der Waals surface area contributed by atoms with Crippen LogP contribution < -0.4 is 9.64 Å². The second kappa shape index (κ2) is 6.47. The van der Waals surface area contributed by atoms with Crippen molar-refractivity contribution in [3.63, 3.8) is 0 Å². The number of halogens is 4. The highest BCUT2D eigenvalue weighted by molar-refractivity contribution is 5.95. The second-order valence-corrected chi connectivity index (χ2v) is 7.41. The fraction of sp³-hybridized carbons (Fsp3) is 0.238. The molecule has 1 atom stereocenters. The summed E-state index contributed by atoms with van der Waals surface area (Å²) >= 11 is 0. The highest BCUT2D eigenvalue weighted by atomic mass is 19.4. The van der Waals surface area contributed by atoms with E-state index in [0.29, 0.717) is 5.75 Å². The maximum atomic E-state index is 14.3. The smallest absolute Gasteiger partial charge is 0.416 e. The molecule has 10 heteroatoms. The number of fused-ring (bicyclic) bond motifs is 2. The highest BCUT2D eigenvalue weighted by Gasteiger charge is 2.64. The van der Waals surface area contributed by atoms with Gasteiger partial charge in [-0.2, -0.15) is 18.2 Å². The molecule has 5 rings (SSSR count). The zero-order valence-electron chi connectivity index (χ0n) is 16.2. The topological polar surface area (TPSA) is 48.5 Å². The molecule has 1 fully saturated rings. The summed E-state index contributed by atoms with van der Waals surface area (Å²) in [5.74, 6) is 0.0299. The number of carbonyl (C=O) groups is 1. The van der Waals surface area contributed by atoms with Gasteiger partial charge < -0.3 is 4.74 Å². The molecule has 0 saturated carbocycles. The molecule has 2 amide bonds. The largest absolute Gasteiger partial charge is 0.488 e. The van der Waals surface area contributed by atoms with Crippen LogP contribution >= 0.6 is 0 Å². The lowest BCUT2D eigenvalue weighted by atomic mass is 10.1. The van der Waals surface area contributed by atoms with Crippen LogP contribution in [0.2, 0.25) is 0 Å². The molecule has 1 saturated heterocycles. The molecule has 1 aromatic carbocycles. The summed E-state index contributed by atoms with van der Waals surface area (Å²) in [6.07, 6.45) is -0.0998. The molecule has 4 heterocycles. The Hall–Kier alpha value is -3.56. The van der Waals surface area contributed by atoms with Crippen LogP contribution in [0, 0.1) is 0 Å². The van der Waals surface area contributed by atoms with Crippen LogP contribution in [0.25, 0.3) is 11.3 Å². The first kappa shape index (κ1) is 19.4. The number of allylic oxidation sites excluding steroid dienone is 2. The average Bonchev–Trinajstić information content (AvgIpc) is 3.39. The molecule has 0 aliphatic carbocycles. The van der Waals surface area contributed by atoms with Crippen LogP contribution in [0.3, 0.4) is 0 Å². The van der Waals surface area contributed by atoms with Crippen molar-refractivity contribution in [2.24, 2.45) is 0 Å². The molecule has 0 spiro atoms. The summed E-state index contributed by atoms with van der Waals surface area (Å²) in [7, 11) is 0. The van der Waals surface area contributed by atoms with Gasteiger partial charge in [-0.3, -0.25) is 9.91 Å². The molecular weight excluding hydrogens is 416 g/mol. The number of ether oxygens (including phenoxy) is 1. The first-order chi connectivity index (χ1) is 14.7. The fourth-order valence-electron chi connectivity index (χ4n) is 3.79. The standard InChI is InChI=1S/C21H16F4N4O2/c1-20-17(22)6-3-9-28(20)29(20)19(30)27-10-11-31-16-8-7-15(26-18(16)27)13-4-2-5-14(12-13)21(23,24)25/h2-9,12H,10-11H2,1H3. The van der Waals surface area contributed by atoms with Crippen LogP contribution in [0.5, 0.6) is 5.75 Å². The summed E-state index contributed by atoms with van der Waals surface area (Å²) in [5.41, 5.74) is -1.47. The number of alkyl halides is 3. The van der Waals surface area contributed by atoms with Gasteiger partial charge in [0.2, 0.25) is 5.66 Å². The van der Waals surface area contributed by atoms with Crippen LogP contribution in [0.4, 0.5) is 28.2 Å². The van der Waals surface area contributed by atoms with Gasteiger partial charge in [-0.05, 0) is 43.3 Å². The number of hydrazine groups is 1. The van der Waals surface area contributed by atoms with E-state index in [4.69, 9.17) is 4.74 Å². The van der Waals surface area contributed by atoms with E-state index < -0.39 is 29.3 Å². The maximum Gasteiger partial charge on any atom is 0.416 e. The van der Waals surface area contributed by atoms with Gasteiger partial charge in [0.25, 0.3) is 0 Å². The van der Waals surface area contributed by atoms with Gasteiger partial charge in [-0.1, -0.05) is 12.1 Å². The van der Waals surface area contributed by atoms with Crippen LogP contribution in [0.1, 0.15) is 12.5 Å². The van der Waals surface area contributed by atoms with Crippen LogP contribution in [-0.2, 0) is 6.18 Å². The Balaban J connectivity index is 1.50. The molecule has 0 N–H and O–H groups in total. The lowest BCUT2D eigenvalue weighted by molar-refractivity contribution is -0.137. The van der Waals surface area contributed by atoms with Crippen molar-refractivity contribution in [1.82, 2.24) is 15.0 Å². The summed E-state index contributed by atoms with van der Waals surface area (Å²) in [6, 6.07) is 7.39. The number of benzene rings is 1. The number of hydrogen-bond donors (Lipinski definition) is 0. The van der Waals surface area contributed by atoms with E-state index in [1.807, 2.05) is 0 Å². The third-order valence-electron chi connectivity index (χ3n) is 5.52. The first-order valence-electron chi connectivity index (χ1n) is 9.48. The third-order valence-corrected chi connectivity index (χ3v) is 5.52. The van der Waals surface area contributed by atoms with E-state index in [2.05, 4.69) is 4.98 Å². The predicted molar refractivity (Wildman–Crippen MR) is 103 cm³/mol. The quantitative estimate of drug-likeness (QED) is 0.484. The van der Waals surface area contributed by atoms with Crippen molar-refractivity contribution in [3.05, 3.63) is 66.1 Å². The molecule has 3 aliphatic rings. The summed E-state index contributed by atoms with van der Waals surface area (Å²) in [5, 5.41) is 2.73. The van der Waals surface area contributed by atoms with Gasteiger partial charge in [-0.25, -0.2) is 14.2 Å². The molecule has 1 aromatic heterocycles. The summed E-state index contributed by atoms with van der Waals surface area (Å²) in [6.45, 7) is 1.95. The lowest BCUT2D eigenvalue weighted by Crippen LogP contribution is -2.43. The Bertz CT molecular complexity index is 1150. The minimum Gasteiger partial charge on any atom is -0.488 e. The number of rotatable bonds is 1. The number of nitrogens with zero attached hydrogens (tertiary/aromatic N) is 4. The van der Waals surface area contributed by atoms with Crippen LogP contribution in [0.15, 0.2) is 60.6 Å². The number of pyridine rings is 1. The van der Waals surface area contributed by atoms with Crippen molar-refractivity contribution in [1.29, 1.82) is 0 Å². The third kappa shape index (κ3) is 2.93. The van der Waals surface area contributed by atoms with Crippen molar-refractivity contribution >= 4 is 11.8 Å². The minimum absolute atomic E-state index is 0.167. The van der Waals surface area contributed by atoms with E-state index in [1.54, 1.807) is 19.2 Å². The van der Waals surface area contributed by atoms with Crippen molar-refractivity contribution in [2.45, 2.75) is 18.8 Å². The average molecular weight is 432 g/mol. The van der Waals surface area contributed by atoms with Gasteiger partial charge in [0.1, 0.15) is 12.4 Å². The monoisotopic (exact) mass is 432 g/mol. The van der Waals surface area contributed by atoms with Gasteiger partial charge in [-0.15, -0.1) is 0 Å². The van der Waals surface area contributed by atoms with Crippen LogP contribution in [-0.4, -0.2) is 39.8 Å². The van der Waals surface area contributed by atoms with Crippen molar-refractivity contribution in [2.75, 3.05) is 18.1 Å². The molecule has 1 unspecified atom stereocenters. The highest BCUT2D eigenvalue weighted by Crippen LogP contribution is 2.49. The van der Waals surface area contributed by atoms with Gasteiger partial charge in [0.15, 0.2) is 11.6 Å². The van der Waals surface area contributed by atoms with Gasteiger partial charge in [0, 0.05) is 11.8 Å². The minimum atomic E-state index is -4.49. The number of aromatic nitrogens is 1. The second-order valence-electron chi connectivity index (χ2n) is 7.41. The maximum absolute atomic E-state index is 14.3. The van der Waals surface area contributed by atoms with E-state index >= 15 is 0 Å². The fourth-order valence-corrected chi connectivity index (χ4v) is 3.79. The molecule has 0 radical (unpaired) electrons. The summed E-state index contributed by atoms with van der Waals surface area (Å²) in [4.78, 5) is 19.0. The Morgan fingerprint density at radius 2 is 2.03 bits per heavy atom. The Morgan fingerprint density at radius 3 is 2.77 bits per heavy atom. The first-order valence-corrected chi connectivity index (χ1v) is 9.48. The lowest BCUT2D eigenvalue weighted by Gasteiger charge is -2.29. The Kier molecular flexibility index (Phi) is 4.05. The van der Waals surface area contributed by atoms with Gasteiger partial charge >= 0.3 is 12.2 Å². The van der Waals surface area contributed by atoms with E-state index in [-0.39, 0.29) is 30.2 Å². The SMILES string of the molecule is CC12C(F)=CC=CN1N2C(=O)N1CCOc2ccc(-c3cccc(C(F)(F)F)c3)nc21. The predicted octanol–water partition coefficient (Wildman–Crippen LogP) is 4.72. The zero-order valence-corrected chi connectivity index (χ0v) is 16.2. The van der Waals surface area contributed by atoms with E-state index in [1.165, 1.54) is 45.3 Å². The van der Waals surface area contributed by atoms with Crippen molar-refractivity contribution in [3.8, 4) is 17.0 Å². The van der Waals surface area contributed by atoms with E-state index in [9.17, 15) is 22.4 Å². The normalized spacial score (nSPS) is 21.8. The molecule has 31 heavy (non-hydrogen) atoms. The molecule has 2 aromatic rings. The Labute approximate surface area is 174 Å². The number of hydrogen-bond acceptors (Lipinski definition) is 4. The molecule has 0 bridgehead atoms.